The van der Waals surface area contributed by atoms with Crippen molar-refractivity contribution in [1.29, 1.82) is 0 Å². The molecule has 0 fully saturated rings. The van der Waals surface area contributed by atoms with Crippen molar-refractivity contribution >= 4 is 0 Å². The van der Waals surface area contributed by atoms with Crippen molar-refractivity contribution in [2.75, 3.05) is 6.61 Å². The van der Waals surface area contributed by atoms with E-state index >= 15 is 0 Å². The van der Waals surface area contributed by atoms with Crippen molar-refractivity contribution in [3.8, 4) is 11.8 Å². The summed E-state index contributed by atoms with van der Waals surface area (Å²) in [7, 11) is 0. The van der Waals surface area contributed by atoms with Crippen LogP contribution < -0.4 is 0 Å². The van der Waals surface area contributed by atoms with Crippen molar-refractivity contribution in [3.05, 3.63) is 60.2 Å². The lowest BCUT2D eigenvalue weighted by atomic mass is 10.2. The molecule has 2 rings (SSSR count). The standard InChI is InChI=1S/C15H14O/c1-2-7-11-15(10-6-1)16-13-12-14-8-4-3-5-9-14/h1-6,8-10,15H,12-13H2. The number of hydrogen-bond donors (Lipinski definition) is 0. The van der Waals surface area contributed by atoms with E-state index in [9.17, 15) is 0 Å². The van der Waals surface area contributed by atoms with Crippen molar-refractivity contribution in [2.24, 2.45) is 0 Å². The number of rotatable bonds is 4. The van der Waals surface area contributed by atoms with Crippen molar-refractivity contribution in [2.45, 2.75) is 12.5 Å². The lowest BCUT2D eigenvalue weighted by Gasteiger charge is -2.07. The van der Waals surface area contributed by atoms with Gasteiger partial charge in [-0.15, -0.1) is 0 Å². The van der Waals surface area contributed by atoms with Crippen molar-refractivity contribution < 1.29 is 4.74 Å². The fraction of sp³-hybridized carbons (Fsp3) is 0.200. The molecular weight excluding hydrogens is 196 g/mol. The fourth-order valence-electron chi connectivity index (χ4n) is 1.49. The number of benzene rings is 1. The predicted octanol–water partition coefficient (Wildman–Crippen LogP) is 2.74. The minimum atomic E-state index is -0.0706. The summed E-state index contributed by atoms with van der Waals surface area (Å²) in [6.07, 6.45) is 8.55. The molecule has 0 bridgehead atoms. The second kappa shape index (κ2) is 5.95. The molecule has 0 aliphatic heterocycles. The molecule has 1 aromatic rings. The minimum Gasteiger partial charge on any atom is -0.361 e. The van der Waals surface area contributed by atoms with Gasteiger partial charge in [0.15, 0.2) is 0 Å². The second-order valence-corrected chi connectivity index (χ2v) is 3.56. The van der Waals surface area contributed by atoms with E-state index in [1.54, 1.807) is 0 Å². The Kier molecular flexibility index (Phi) is 3.99. The van der Waals surface area contributed by atoms with E-state index in [1.165, 1.54) is 5.56 Å². The summed E-state index contributed by atoms with van der Waals surface area (Å²) in [6.45, 7) is 0.702. The van der Waals surface area contributed by atoms with Crippen LogP contribution in [0.5, 0.6) is 0 Å². The van der Waals surface area contributed by atoms with Crippen LogP contribution in [-0.4, -0.2) is 12.7 Å². The van der Waals surface area contributed by atoms with Gasteiger partial charge in [0.2, 0.25) is 0 Å². The summed E-state index contributed by atoms with van der Waals surface area (Å²) in [5.74, 6) is 5.95. The summed E-state index contributed by atoms with van der Waals surface area (Å²) in [4.78, 5) is 0. The van der Waals surface area contributed by atoms with Gasteiger partial charge < -0.3 is 4.74 Å². The van der Waals surface area contributed by atoms with Gasteiger partial charge in [-0.1, -0.05) is 54.3 Å². The molecule has 1 nitrogen and oxygen atoms in total. The molecular formula is C15H14O. The smallest absolute Gasteiger partial charge is 0.137 e. The zero-order chi connectivity index (χ0) is 11.1. The van der Waals surface area contributed by atoms with E-state index in [0.717, 1.165) is 6.42 Å². The Morgan fingerprint density at radius 1 is 1.12 bits per heavy atom. The maximum Gasteiger partial charge on any atom is 0.137 e. The molecule has 1 heteroatoms. The maximum absolute atomic E-state index is 5.67. The number of hydrogen-bond acceptors (Lipinski definition) is 1. The highest BCUT2D eigenvalue weighted by molar-refractivity contribution is 5.28. The summed E-state index contributed by atoms with van der Waals surface area (Å²) >= 11 is 0. The lowest BCUT2D eigenvalue weighted by Crippen LogP contribution is -2.09. The average molecular weight is 210 g/mol. The van der Waals surface area contributed by atoms with Crippen LogP contribution in [-0.2, 0) is 11.2 Å². The highest BCUT2D eigenvalue weighted by atomic mass is 16.5. The van der Waals surface area contributed by atoms with Gasteiger partial charge in [0, 0.05) is 0 Å². The molecule has 1 atom stereocenters. The van der Waals surface area contributed by atoms with E-state index in [2.05, 4.69) is 24.0 Å². The van der Waals surface area contributed by atoms with E-state index in [-0.39, 0.29) is 6.10 Å². The van der Waals surface area contributed by atoms with Gasteiger partial charge in [-0.05, 0) is 24.1 Å². The molecule has 1 aliphatic rings. The van der Waals surface area contributed by atoms with Crippen LogP contribution in [0.25, 0.3) is 0 Å². The largest absolute Gasteiger partial charge is 0.361 e. The normalized spacial score (nSPS) is 17.6. The average Bonchev–Trinajstić information content (AvgIpc) is 2.59. The topological polar surface area (TPSA) is 9.23 Å². The highest BCUT2D eigenvalue weighted by Gasteiger charge is 2.00. The van der Waals surface area contributed by atoms with Gasteiger partial charge in [-0.25, -0.2) is 0 Å². The summed E-state index contributed by atoms with van der Waals surface area (Å²) < 4.78 is 5.67. The Bertz CT molecular complexity index is 431. The Morgan fingerprint density at radius 3 is 2.88 bits per heavy atom. The zero-order valence-electron chi connectivity index (χ0n) is 9.10. The SMILES string of the molecule is C1#CC(OCCc2ccccc2)C=CC=C1. The van der Waals surface area contributed by atoms with E-state index in [0.29, 0.717) is 6.61 Å². The van der Waals surface area contributed by atoms with Crippen molar-refractivity contribution in [1.82, 2.24) is 0 Å². The Morgan fingerprint density at radius 2 is 2.00 bits per heavy atom. The molecule has 0 saturated carbocycles. The zero-order valence-corrected chi connectivity index (χ0v) is 9.10. The quantitative estimate of drug-likeness (QED) is 0.694. The minimum absolute atomic E-state index is 0.0706. The van der Waals surface area contributed by atoms with E-state index in [1.807, 2.05) is 42.5 Å². The monoisotopic (exact) mass is 210 g/mol. The molecule has 0 saturated heterocycles. The fourth-order valence-corrected chi connectivity index (χ4v) is 1.49. The third kappa shape index (κ3) is 3.42. The Hall–Kier alpha value is -1.78. The van der Waals surface area contributed by atoms with Crippen LogP contribution in [0, 0.1) is 11.8 Å². The molecule has 80 valence electrons. The van der Waals surface area contributed by atoms with Gasteiger partial charge >= 0.3 is 0 Å². The Labute approximate surface area is 96.4 Å². The molecule has 0 N–H and O–H groups in total. The molecule has 1 unspecified atom stereocenters. The first-order valence-corrected chi connectivity index (χ1v) is 5.45. The third-order valence-electron chi connectivity index (χ3n) is 2.33. The first-order valence-electron chi connectivity index (χ1n) is 5.45. The first-order chi connectivity index (χ1) is 7.95. The van der Waals surface area contributed by atoms with Crippen LogP contribution in [0.2, 0.25) is 0 Å². The number of allylic oxidation sites excluding steroid dienone is 3. The molecule has 0 aromatic heterocycles. The highest BCUT2D eigenvalue weighted by Crippen LogP contribution is 2.02. The Balaban J connectivity index is 1.78. The molecule has 0 amide bonds. The second-order valence-electron chi connectivity index (χ2n) is 3.56. The van der Waals surface area contributed by atoms with E-state index in [4.69, 9.17) is 4.74 Å². The molecule has 0 spiro atoms. The molecule has 1 aromatic carbocycles. The third-order valence-corrected chi connectivity index (χ3v) is 2.33. The molecule has 1 aliphatic carbocycles. The predicted molar refractivity (Wildman–Crippen MR) is 65.9 cm³/mol. The van der Waals surface area contributed by atoms with Crippen LogP contribution in [0.4, 0.5) is 0 Å². The lowest BCUT2D eigenvalue weighted by molar-refractivity contribution is 0.124. The van der Waals surface area contributed by atoms with Gasteiger partial charge in [0.05, 0.1) is 6.61 Å². The van der Waals surface area contributed by atoms with Gasteiger partial charge in [0.25, 0.3) is 0 Å². The first kappa shape index (κ1) is 10.7. The molecule has 0 heterocycles. The summed E-state index contributed by atoms with van der Waals surface area (Å²) in [5, 5.41) is 0. The maximum atomic E-state index is 5.67. The van der Waals surface area contributed by atoms with Gasteiger partial charge in [-0.3, -0.25) is 0 Å². The molecule has 0 radical (unpaired) electrons. The van der Waals surface area contributed by atoms with Gasteiger partial charge in [-0.2, -0.15) is 0 Å². The van der Waals surface area contributed by atoms with Crippen LogP contribution in [0.15, 0.2) is 54.6 Å². The number of ether oxygens (including phenoxy) is 1. The summed E-state index contributed by atoms with van der Waals surface area (Å²) in [6, 6.07) is 10.3. The van der Waals surface area contributed by atoms with Crippen LogP contribution in [0.3, 0.4) is 0 Å². The van der Waals surface area contributed by atoms with Crippen LogP contribution >= 0.6 is 0 Å². The summed E-state index contributed by atoms with van der Waals surface area (Å²) in [5.41, 5.74) is 1.30. The van der Waals surface area contributed by atoms with E-state index < -0.39 is 0 Å². The van der Waals surface area contributed by atoms with Crippen LogP contribution in [0.1, 0.15) is 5.56 Å². The van der Waals surface area contributed by atoms with Crippen molar-refractivity contribution in [3.63, 3.8) is 0 Å². The molecule has 16 heavy (non-hydrogen) atoms. The van der Waals surface area contributed by atoms with Gasteiger partial charge in [0.1, 0.15) is 6.10 Å².